The molecular formula is C23H25BrN6O2. The zero-order valence-corrected chi connectivity index (χ0v) is 19.9. The maximum atomic E-state index is 13.1. The van der Waals surface area contributed by atoms with Crippen LogP contribution in [-0.2, 0) is 0 Å². The molecule has 4 rings (SSSR count). The molecular weight excluding hydrogens is 472 g/mol. The number of aromatic nitrogens is 3. The Morgan fingerprint density at radius 2 is 1.81 bits per heavy atom. The van der Waals surface area contributed by atoms with Gasteiger partial charge in [-0.2, -0.15) is 0 Å². The molecule has 32 heavy (non-hydrogen) atoms. The van der Waals surface area contributed by atoms with E-state index in [0.29, 0.717) is 49.1 Å². The Hall–Kier alpha value is -3.20. The van der Waals surface area contributed by atoms with Gasteiger partial charge in [-0.3, -0.25) is 4.79 Å². The number of methoxy groups -OCH3 is 1. The van der Waals surface area contributed by atoms with Crippen LogP contribution in [-0.4, -0.2) is 59.0 Å². The first kappa shape index (κ1) is 22.0. The number of carbonyl (C=O) groups excluding carboxylic acids is 1. The first-order valence-corrected chi connectivity index (χ1v) is 11.2. The van der Waals surface area contributed by atoms with E-state index in [9.17, 15) is 4.79 Å². The normalized spacial score (nSPS) is 13.8. The number of hydrogen-bond acceptors (Lipinski definition) is 7. The molecule has 0 aliphatic carbocycles. The molecule has 0 unspecified atom stereocenters. The Kier molecular flexibility index (Phi) is 6.55. The maximum Gasteiger partial charge on any atom is 0.255 e. The molecule has 0 bridgehead atoms. The van der Waals surface area contributed by atoms with Gasteiger partial charge in [0, 0.05) is 42.9 Å². The van der Waals surface area contributed by atoms with Gasteiger partial charge in [0.2, 0.25) is 0 Å². The van der Waals surface area contributed by atoms with Crippen LogP contribution in [0, 0.1) is 13.8 Å². The minimum Gasteiger partial charge on any atom is -0.497 e. The van der Waals surface area contributed by atoms with Crippen LogP contribution < -0.4 is 15.0 Å². The molecule has 1 aromatic carbocycles. The second-order valence-electron chi connectivity index (χ2n) is 7.63. The molecule has 166 valence electrons. The van der Waals surface area contributed by atoms with Gasteiger partial charge < -0.3 is 19.9 Å². The summed E-state index contributed by atoms with van der Waals surface area (Å²) < 4.78 is 6.03. The fourth-order valence-corrected chi connectivity index (χ4v) is 4.03. The third kappa shape index (κ3) is 4.99. The van der Waals surface area contributed by atoms with Gasteiger partial charge >= 0.3 is 0 Å². The Labute approximate surface area is 195 Å². The van der Waals surface area contributed by atoms with Crippen LogP contribution in [0.25, 0.3) is 0 Å². The van der Waals surface area contributed by atoms with Crippen LogP contribution in [0.15, 0.2) is 47.1 Å². The van der Waals surface area contributed by atoms with E-state index in [0.717, 1.165) is 21.7 Å². The fourth-order valence-electron chi connectivity index (χ4n) is 3.62. The molecule has 1 fully saturated rings. The highest BCUT2D eigenvalue weighted by atomic mass is 79.9. The summed E-state index contributed by atoms with van der Waals surface area (Å²) in [5, 5.41) is 3.26. The Balaban J connectivity index is 1.45. The first-order chi connectivity index (χ1) is 15.4. The molecule has 0 radical (unpaired) electrons. The number of hydrogen-bond donors (Lipinski definition) is 1. The number of ether oxygens (including phenoxy) is 1. The molecule has 1 saturated heterocycles. The maximum absolute atomic E-state index is 13.1. The summed E-state index contributed by atoms with van der Waals surface area (Å²) in [6.07, 6.45) is 1.77. The predicted molar refractivity (Wildman–Crippen MR) is 128 cm³/mol. The van der Waals surface area contributed by atoms with Crippen molar-refractivity contribution in [1.29, 1.82) is 0 Å². The number of benzene rings is 1. The molecule has 1 N–H and O–H groups in total. The number of anilines is 3. The topological polar surface area (TPSA) is 83.5 Å². The molecule has 8 nitrogen and oxygen atoms in total. The summed E-state index contributed by atoms with van der Waals surface area (Å²) in [5.74, 6) is 3.61. The SMILES string of the molecule is COc1ccc(Br)c(C(=O)N2CCN(c3cc(Nc4cc(C)ccn4)nc(C)n3)CC2)c1. The molecule has 1 aliphatic rings. The lowest BCUT2D eigenvalue weighted by Crippen LogP contribution is -2.49. The number of nitrogens with one attached hydrogen (secondary N) is 1. The van der Waals surface area contributed by atoms with Crippen LogP contribution in [0.1, 0.15) is 21.7 Å². The van der Waals surface area contributed by atoms with Gasteiger partial charge in [-0.15, -0.1) is 0 Å². The van der Waals surface area contributed by atoms with E-state index in [1.807, 2.05) is 49.1 Å². The summed E-state index contributed by atoms with van der Waals surface area (Å²) in [5.41, 5.74) is 1.73. The molecule has 1 amide bonds. The van der Waals surface area contributed by atoms with E-state index < -0.39 is 0 Å². The molecule has 9 heteroatoms. The third-order valence-corrected chi connectivity index (χ3v) is 5.98. The third-order valence-electron chi connectivity index (χ3n) is 5.29. The van der Waals surface area contributed by atoms with Gasteiger partial charge in [-0.25, -0.2) is 15.0 Å². The van der Waals surface area contributed by atoms with E-state index in [4.69, 9.17) is 4.74 Å². The van der Waals surface area contributed by atoms with Crippen molar-refractivity contribution in [3.8, 4) is 5.75 Å². The minimum absolute atomic E-state index is 0.0119. The number of rotatable bonds is 5. The average Bonchev–Trinajstić information content (AvgIpc) is 2.79. The van der Waals surface area contributed by atoms with E-state index in [1.165, 1.54) is 0 Å². The molecule has 2 aromatic heterocycles. The number of halogens is 1. The van der Waals surface area contributed by atoms with Crippen LogP contribution in [0.4, 0.5) is 17.5 Å². The van der Waals surface area contributed by atoms with Crippen molar-refractivity contribution < 1.29 is 9.53 Å². The van der Waals surface area contributed by atoms with Crippen LogP contribution >= 0.6 is 15.9 Å². The zero-order chi connectivity index (χ0) is 22.7. The number of carbonyl (C=O) groups is 1. The number of aryl methyl sites for hydroxylation is 2. The monoisotopic (exact) mass is 496 g/mol. The smallest absolute Gasteiger partial charge is 0.255 e. The van der Waals surface area contributed by atoms with Gasteiger partial charge in [0.15, 0.2) is 0 Å². The zero-order valence-electron chi connectivity index (χ0n) is 18.3. The largest absolute Gasteiger partial charge is 0.497 e. The summed E-state index contributed by atoms with van der Waals surface area (Å²) >= 11 is 3.48. The highest BCUT2D eigenvalue weighted by Gasteiger charge is 2.25. The fraction of sp³-hybridized carbons (Fsp3) is 0.304. The number of amides is 1. The van der Waals surface area contributed by atoms with Gasteiger partial charge in [-0.05, 0) is 65.7 Å². The van der Waals surface area contributed by atoms with E-state index in [1.54, 1.807) is 19.4 Å². The standard InChI is InChI=1S/C23H25BrN6O2/c1-15-6-7-25-20(12-15)28-21-14-22(27-16(2)26-21)29-8-10-30(11-9-29)23(31)18-13-17(32-3)4-5-19(18)24/h4-7,12-14H,8-11H2,1-3H3,(H,25,26,27,28). The minimum atomic E-state index is -0.0119. The molecule has 3 heterocycles. The van der Waals surface area contributed by atoms with E-state index in [-0.39, 0.29) is 5.91 Å². The Bertz CT molecular complexity index is 1130. The second-order valence-corrected chi connectivity index (χ2v) is 8.48. The quantitative estimate of drug-likeness (QED) is 0.571. The Morgan fingerprint density at radius 1 is 1.03 bits per heavy atom. The van der Waals surface area contributed by atoms with Crippen molar-refractivity contribution in [1.82, 2.24) is 19.9 Å². The van der Waals surface area contributed by atoms with Gasteiger partial charge in [0.25, 0.3) is 5.91 Å². The molecule has 0 spiro atoms. The number of piperazine rings is 1. The summed E-state index contributed by atoms with van der Waals surface area (Å²) in [6.45, 7) is 6.48. The van der Waals surface area contributed by atoms with Gasteiger partial charge in [0.05, 0.1) is 12.7 Å². The summed E-state index contributed by atoms with van der Waals surface area (Å²) in [7, 11) is 1.60. The lowest BCUT2D eigenvalue weighted by atomic mass is 10.1. The van der Waals surface area contributed by atoms with Crippen LogP contribution in [0.2, 0.25) is 0 Å². The summed E-state index contributed by atoms with van der Waals surface area (Å²) in [6, 6.07) is 11.3. The predicted octanol–water partition coefficient (Wildman–Crippen LogP) is 3.97. The highest BCUT2D eigenvalue weighted by Crippen LogP contribution is 2.25. The van der Waals surface area contributed by atoms with Crippen molar-refractivity contribution in [3.63, 3.8) is 0 Å². The highest BCUT2D eigenvalue weighted by molar-refractivity contribution is 9.10. The second kappa shape index (κ2) is 9.52. The number of pyridine rings is 1. The van der Waals surface area contributed by atoms with Crippen molar-refractivity contribution in [2.45, 2.75) is 13.8 Å². The number of nitrogens with zero attached hydrogens (tertiary/aromatic N) is 5. The van der Waals surface area contributed by atoms with E-state index >= 15 is 0 Å². The first-order valence-electron chi connectivity index (χ1n) is 10.4. The lowest BCUT2D eigenvalue weighted by Gasteiger charge is -2.35. The van der Waals surface area contributed by atoms with E-state index in [2.05, 4.69) is 41.1 Å². The molecule has 0 saturated carbocycles. The lowest BCUT2D eigenvalue weighted by molar-refractivity contribution is 0.0745. The van der Waals surface area contributed by atoms with Gasteiger partial charge in [-0.1, -0.05) is 0 Å². The van der Waals surface area contributed by atoms with Crippen molar-refractivity contribution in [3.05, 3.63) is 64.0 Å². The van der Waals surface area contributed by atoms with Gasteiger partial charge in [0.1, 0.15) is 29.0 Å². The van der Waals surface area contributed by atoms with Crippen LogP contribution in [0.3, 0.4) is 0 Å². The molecule has 3 aromatic rings. The van der Waals surface area contributed by atoms with Crippen molar-refractivity contribution in [2.24, 2.45) is 0 Å². The Morgan fingerprint density at radius 3 is 2.53 bits per heavy atom. The van der Waals surface area contributed by atoms with Crippen LogP contribution in [0.5, 0.6) is 5.75 Å². The molecule has 1 aliphatic heterocycles. The average molecular weight is 497 g/mol. The summed E-state index contributed by atoms with van der Waals surface area (Å²) in [4.78, 5) is 30.5. The van der Waals surface area contributed by atoms with Crippen molar-refractivity contribution >= 4 is 39.3 Å². The van der Waals surface area contributed by atoms with Crippen molar-refractivity contribution in [2.75, 3.05) is 43.5 Å². The molecule has 0 atom stereocenters.